The average molecular weight is 186 g/mol. The third kappa shape index (κ3) is 8.59. The van der Waals surface area contributed by atoms with E-state index in [4.69, 9.17) is 4.74 Å². The Kier molecular flexibility index (Phi) is 6.59. The molecule has 0 atom stereocenters. The van der Waals surface area contributed by atoms with E-state index in [1.165, 1.54) is 13.0 Å². The minimum absolute atomic E-state index is 0.274. The quantitative estimate of drug-likeness (QED) is 0.366. The fourth-order valence-corrected chi connectivity index (χ4v) is 0.632. The van der Waals surface area contributed by atoms with Crippen LogP contribution in [0.3, 0.4) is 0 Å². The number of rotatable bonds is 5. The van der Waals surface area contributed by atoms with E-state index in [-0.39, 0.29) is 18.5 Å². The van der Waals surface area contributed by atoms with Gasteiger partial charge in [0.25, 0.3) is 0 Å². The minimum Gasteiger partial charge on any atom is -0.466 e. The summed E-state index contributed by atoms with van der Waals surface area (Å²) in [6, 6.07) is 0. The maximum atomic E-state index is 10.7. The molecule has 0 amide bonds. The lowest BCUT2D eigenvalue weighted by Gasteiger charge is -2.01. The van der Waals surface area contributed by atoms with Gasteiger partial charge >= 0.3 is 11.9 Å². The lowest BCUT2D eigenvalue weighted by Crippen LogP contribution is -2.07. The van der Waals surface area contributed by atoms with E-state index < -0.39 is 0 Å². The van der Waals surface area contributed by atoms with Gasteiger partial charge in [0.15, 0.2) is 0 Å². The fourth-order valence-electron chi connectivity index (χ4n) is 0.632. The number of ether oxygens (including phenoxy) is 2. The van der Waals surface area contributed by atoms with Crippen LogP contribution in [0.15, 0.2) is 12.2 Å². The third-order valence-electron chi connectivity index (χ3n) is 1.14. The second-order valence-electron chi connectivity index (χ2n) is 2.36. The van der Waals surface area contributed by atoms with Gasteiger partial charge in [0.2, 0.25) is 0 Å². The molecule has 0 bridgehead atoms. The first-order valence-corrected chi connectivity index (χ1v) is 4.09. The highest BCUT2D eigenvalue weighted by Gasteiger charge is 1.96. The summed E-state index contributed by atoms with van der Waals surface area (Å²) in [5.74, 6) is -0.690. The van der Waals surface area contributed by atoms with Gasteiger partial charge in [0.1, 0.15) is 0 Å². The molecule has 0 spiro atoms. The molecule has 74 valence electrons. The van der Waals surface area contributed by atoms with E-state index in [1.54, 1.807) is 13.0 Å². The van der Waals surface area contributed by atoms with Crippen molar-refractivity contribution in [2.24, 2.45) is 0 Å². The number of hydrogen-bond donors (Lipinski definition) is 0. The van der Waals surface area contributed by atoms with Gasteiger partial charge in [0, 0.05) is 19.4 Å². The van der Waals surface area contributed by atoms with Crippen LogP contribution in [0.5, 0.6) is 0 Å². The predicted octanol–water partition coefficient (Wildman–Crippen LogP) is 1.06. The SMILES string of the molecule is CC=CC(=O)OCCCOC(C)=O. The Hall–Kier alpha value is -1.32. The molecule has 0 unspecified atom stereocenters. The highest BCUT2D eigenvalue weighted by molar-refractivity contribution is 5.81. The number of allylic oxidation sites excluding steroid dienone is 1. The second-order valence-corrected chi connectivity index (χ2v) is 2.36. The molecule has 0 aromatic heterocycles. The molecule has 4 nitrogen and oxygen atoms in total. The fraction of sp³-hybridized carbons (Fsp3) is 0.556. The van der Waals surface area contributed by atoms with Gasteiger partial charge in [-0.05, 0) is 6.92 Å². The summed E-state index contributed by atoms with van der Waals surface area (Å²) in [5.41, 5.74) is 0. The van der Waals surface area contributed by atoms with Crippen molar-refractivity contribution >= 4 is 11.9 Å². The molecule has 4 heteroatoms. The van der Waals surface area contributed by atoms with E-state index in [0.29, 0.717) is 13.0 Å². The summed E-state index contributed by atoms with van der Waals surface area (Å²) in [5, 5.41) is 0. The Morgan fingerprint density at radius 2 is 1.85 bits per heavy atom. The van der Waals surface area contributed by atoms with Gasteiger partial charge in [-0.3, -0.25) is 4.79 Å². The first-order valence-electron chi connectivity index (χ1n) is 4.09. The van der Waals surface area contributed by atoms with Gasteiger partial charge in [0.05, 0.1) is 13.2 Å². The maximum absolute atomic E-state index is 10.7. The molecule has 0 saturated heterocycles. The lowest BCUT2D eigenvalue weighted by atomic mass is 10.5. The molecule has 0 N–H and O–H groups in total. The number of esters is 2. The van der Waals surface area contributed by atoms with Gasteiger partial charge in [-0.1, -0.05) is 6.08 Å². The highest BCUT2D eigenvalue weighted by Crippen LogP contribution is 1.88. The Labute approximate surface area is 77.5 Å². The molecule has 0 heterocycles. The van der Waals surface area contributed by atoms with Crippen LogP contribution in [0.2, 0.25) is 0 Å². The van der Waals surface area contributed by atoms with Gasteiger partial charge in [-0.15, -0.1) is 0 Å². The Morgan fingerprint density at radius 3 is 2.38 bits per heavy atom. The van der Waals surface area contributed by atoms with Crippen LogP contribution < -0.4 is 0 Å². The van der Waals surface area contributed by atoms with Crippen LogP contribution in [0.25, 0.3) is 0 Å². The summed E-state index contributed by atoms with van der Waals surface area (Å²) < 4.78 is 9.38. The molecular formula is C9H14O4. The van der Waals surface area contributed by atoms with Crippen molar-refractivity contribution in [2.75, 3.05) is 13.2 Å². The van der Waals surface area contributed by atoms with Crippen molar-refractivity contribution < 1.29 is 19.1 Å². The summed E-state index contributed by atoms with van der Waals surface area (Å²) in [4.78, 5) is 21.0. The Bertz CT molecular complexity index is 196. The van der Waals surface area contributed by atoms with Crippen molar-refractivity contribution in [3.8, 4) is 0 Å². The molecule has 0 aromatic carbocycles. The number of hydrogen-bond acceptors (Lipinski definition) is 4. The number of carbonyl (C=O) groups is 2. The average Bonchev–Trinajstić information content (AvgIpc) is 2.03. The van der Waals surface area contributed by atoms with E-state index in [0.717, 1.165) is 0 Å². The zero-order chi connectivity index (χ0) is 10.1. The maximum Gasteiger partial charge on any atom is 0.330 e. The standard InChI is InChI=1S/C9H14O4/c1-3-5-9(11)13-7-4-6-12-8(2)10/h3,5H,4,6-7H2,1-2H3. The van der Waals surface area contributed by atoms with E-state index in [9.17, 15) is 9.59 Å². The molecular weight excluding hydrogens is 172 g/mol. The van der Waals surface area contributed by atoms with E-state index in [2.05, 4.69) is 4.74 Å². The Morgan fingerprint density at radius 1 is 1.23 bits per heavy atom. The predicted molar refractivity (Wildman–Crippen MR) is 47.0 cm³/mol. The second kappa shape index (κ2) is 7.34. The smallest absolute Gasteiger partial charge is 0.330 e. The topological polar surface area (TPSA) is 52.6 Å². The van der Waals surface area contributed by atoms with Gasteiger partial charge in [-0.25, -0.2) is 4.79 Å². The van der Waals surface area contributed by atoms with Crippen molar-refractivity contribution in [1.82, 2.24) is 0 Å². The third-order valence-corrected chi connectivity index (χ3v) is 1.14. The van der Waals surface area contributed by atoms with Crippen molar-refractivity contribution in [3.63, 3.8) is 0 Å². The molecule has 13 heavy (non-hydrogen) atoms. The normalized spacial score (nSPS) is 10.0. The lowest BCUT2D eigenvalue weighted by molar-refractivity contribution is -0.142. The summed E-state index contributed by atoms with van der Waals surface area (Å²) in [6.07, 6.45) is 3.48. The van der Waals surface area contributed by atoms with Crippen LogP contribution in [-0.2, 0) is 19.1 Å². The van der Waals surface area contributed by atoms with Crippen LogP contribution in [0, 0.1) is 0 Å². The van der Waals surface area contributed by atoms with Crippen molar-refractivity contribution in [2.45, 2.75) is 20.3 Å². The monoisotopic (exact) mass is 186 g/mol. The molecule has 0 saturated carbocycles. The first kappa shape index (κ1) is 11.7. The van der Waals surface area contributed by atoms with Crippen LogP contribution in [0.4, 0.5) is 0 Å². The molecule has 0 aliphatic carbocycles. The van der Waals surface area contributed by atoms with Crippen LogP contribution in [0.1, 0.15) is 20.3 Å². The summed E-state index contributed by atoms with van der Waals surface area (Å²) in [7, 11) is 0. The van der Waals surface area contributed by atoms with Crippen molar-refractivity contribution in [1.29, 1.82) is 0 Å². The van der Waals surface area contributed by atoms with E-state index in [1.807, 2.05) is 0 Å². The zero-order valence-electron chi connectivity index (χ0n) is 7.91. The first-order chi connectivity index (χ1) is 6.16. The molecule has 0 radical (unpaired) electrons. The molecule has 0 fully saturated rings. The molecule has 0 aliphatic heterocycles. The Balaban J connectivity index is 3.25. The minimum atomic E-state index is -0.370. The van der Waals surface area contributed by atoms with Crippen LogP contribution in [-0.4, -0.2) is 25.2 Å². The molecule has 0 rings (SSSR count). The van der Waals surface area contributed by atoms with Crippen LogP contribution >= 0.6 is 0 Å². The summed E-state index contributed by atoms with van der Waals surface area (Å²) in [6.45, 7) is 3.64. The zero-order valence-corrected chi connectivity index (χ0v) is 7.91. The largest absolute Gasteiger partial charge is 0.466 e. The molecule has 0 aliphatic rings. The summed E-state index contributed by atoms with van der Waals surface area (Å²) >= 11 is 0. The molecule has 0 aromatic rings. The highest BCUT2D eigenvalue weighted by atomic mass is 16.5. The van der Waals surface area contributed by atoms with E-state index >= 15 is 0 Å². The van der Waals surface area contributed by atoms with Gasteiger partial charge in [-0.2, -0.15) is 0 Å². The van der Waals surface area contributed by atoms with Crippen molar-refractivity contribution in [3.05, 3.63) is 12.2 Å². The van der Waals surface area contributed by atoms with Gasteiger partial charge < -0.3 is 9.47 Å². The number of carbonyl (C=O) groups excluding carboxylic acids is 2.